The molecular weight excluding hydrogens is 234 g/mol. The lowest BCUT2D eigenvalue weighted by molar-refractivity contribution is -0.384. The minimum atomic E-state index is -0.448. The van der Waals surface area contributed by atoms with Crippen LogP contribution in [0.3, 0.4) is 0 Å². The van der Waals surface area contributed by atoms with Gasteiger partial charge in [0.1, 0.15) is 5.69 Å². The molecule has 102 valence electrons. The first-order valence-corrected chi connectivity index (χ1v) is 5.87. The summed E-state index contributed by atoms with van der Waals surface area (Å²) in [7, 11) is 1.69. The number of aryl methyl sites for hydroxylation is 1. The molecule has 0 aliphatic rings. The van der Waals surface area contributed by atoms with Gasteiger partial charge in [-0.05, 0) is 13.8 Å². The fraction of sp³-hybridized carbons (Fsp3) is 0.727. The predicted molar refractivity (Wildman–Crippen MR) is 70.7 cm³/mol. The topological polar surface area (TPSA) is 99.0 Å². The lowest BCUT2D eigenvalue weighted by Gasteiger charge is -2.19. The number of aromatic nitrogens is 2. The Hall–Kier alpha value is -1.63. The van der Waals surface area contributed by atoms with Crippen LogP contribution in [0.25, 0.3) is 0 Å². The molecular formula is C11H21N5O2. The van der Waals surface area contributed by atoms with Crippen LogP contribution < -0.4 is 11.1 Å². The fourth-order valence-corrected chi connectivity index (χ4v) is 1.61. The maximum atomic E-state index is 11.2. The SMILES string of the molecule is CC(C)c1nn(C)c(NCC(C)(C)N)c1[N+](=O)[O-]. The molecule has 0 saturated carbocycles. The molecule has 3 N–H and O–H groups in total. The van der Waals surface area contributed by atoms with Crippen molar-refractivity contribution in [3.63, 3.8) is 0 Å². The van der Waals surface area contributed by atoms with Gasteiger partial charge in [0, 0.05) is 25.0 Å². The van der Waals surface area contributed by atoms with E-state index in [-0.39, 0.29) is 11.6 Å². The number of hydrogen-bond acceptors (Lipinski definition) is 5. The third kappa shape index (κ3) is 3.19. The van der Waals surface area contributed by atoms with E-state index < -0.39 is 10.5 Å². The highest BCUT2D eigenvalue weighted by molar-refractivity contribution is 5.60. The smallest absolute Gasteiger partial charge is 0.334 e. The van der Waals surface area contributed by atoms with Crippen LogP contribution >= 0.6 is 0 Å². The summed E-state index contributed by atoms with van der Waals surface area (Å²) in [5.41, 5.74) is 5.94. The molecule has 7 nitrogen and oxygen atoms in total. The van der Waals surface area contributed by atoms with Crippen LogP contribution in [0.5, 0.6) is 0 Å². The van der Waals surface area contributed by atoms with Crippen molar-refractivity contribution in [2.45, 2.75) is 39.2 Å². The second-order valence-corrected chi connectivity index (χ2v) is 5.46. The van der Waals surface area contributed by atoms with Crippen LogP contribution in [0, 0.1) is 10.1 Å². The van der Waals surface area contributed by atoms with Crippen molar-refractivity contribution in [3.8, 4) is 0 Å². The fourth-order valence-electron chi connectivity index (χ4n) is 1.61. The monoisotopic (exact) mass is 255 g/mol. The Bertz CT molecular complexity index is 445. The lowest BCUT2D eigenvalue weighted by atomic mass is 10.1. The third-order valence-corrected chi connectivity index (χ3v) is 2.49. The summed E-state index contributed by atoms with van der Waals surface area (Å²) in [6, 6.07) is 0. The van der Waals surface area contributed by atoms with E-state index in [9.17, 15) is 10.1 Å². The summed E-state index contributed by atoms with van der Waals surface area (Å²) in [5.74, 6) is 0.403. The maximum Gasteiger partial charge on any atom is 0.334 e. The Labute approximate surface area is 107 Å². The molecule has 0 aliphatic heterocycles. The van der Waals surface area contributed by atoms with Gasteiger partial charge in [-0.3, -0.25) is 10.1 Å². The molecule has 0 atom stereocenters. The summed E-state index contributed by atoms with van der Waals surface area (Å²) in [5, 5.41) is 18.4. The summed E-state index contributed by atoms with van der Waals surface area (Å²) in [6.07, 6.45) is 0. The van der Waals surface area contributed by atoms with E-state index in [4.69, 9.17) is 5.73 Å². The van der Waals surface area contributed by atoms with Gasteiger partial charge in [-0.2, -0.15) is 5.10 Å². The Morgan fingerprint density at radius 3 is 2.50 bits per heavy atom. The maximum absolute atomic E-state index is 11.2. The summed E-state index contributed by atoms with van der Waals surface area (Å²) >= 11 is 0. The number of anilines is 1. The van der Waals surface area contributed by atoms with Crippen LogP contribution in [0.2, 0.25) is 0 Å². The van der Waals surface area contributed by atoms with E-state index in [0.29, 0.717) is 18.1 Å². The lowest BCUT2D eigenvalue weighted by Crippen LogP contribution is -2.40. The van der Waals surface area contributed by atoms with Crippen LogP contribution in [0.15, 0.2) is 0 Å². The molecule has 7 heteroatoms. The molecule has 0 spiro atoms. The molecule has 1 aromatic heterocycles. The van der Waals surface area contributed by atoms with Crippen molar-refractivity contribution in [2.24, 2.45) is 12.8 Å². The van der Waals surface area contributed by atoms with Gasteiger partial charge in [-0.1, -0.05) is 13.8 Å². The molecule has 0 unspecified atom stereocenters. The van der Waals surface area contributed by atoms with Crippen molar-refractivity contribution in [1.29, 1.82) is 0 Å². The van der Waals surface area contributed by atoms with Crippen molar-refractivity contribution in [2.75, 3.05) is 11.9 Å². The van der Waals surface area contributed by atoms with E-state index in [1.165, 1.54) is 4.68 Å². The molecule has 1 aromatic rings. The number of nitro groups is 1. The van der Waals surface area contributed by atoms with Crippen LogP contribution in [-0.4, -0.2) is 26.8 Å². The molecule has 1 rings (SSSR count). The van der Waals surface area contributed by atoms with Gasteiger partial charge in [0.15, 0.2) is 0 Å². The zero-order valence-electron chi connectivity index (χ0n) is 11.5. The Morgan fingerprint density at radius 1 is 1.56 bits per heavy atom. The molecule has 1 heterocycles. The number of hydrogen-bond donors (Lipinski definition) is 2. The average Bonchev–Trinajstić information content (AvgIpc) is 2.51. The summed E-state index contributed by atoms with van der Waals surface area (Å²) in [4.78, 5) is 10.8. The normalized spacial score (nSPS) is 11.9. The molecule has 0 saturated heterocycles. The van der Waals surface area contributed by atoms with E-state index in [2.05, 4.69) is 10.4 Å². The zero-order valence-corrected chi connectivity index (χ0v) is 11.5. The van der Waals surface area contributed by atoms with Crippen molar-refractivity contribution < 1.29 is 4.92 Å². The summed E-state index contributed by atoms with van der Waals surface area (Å²) < 4.78 is 1.50. The van der Waals surface area contributed by atoms with Crippen molar-refractivity contribution >= 4 is 11.5 Å². The molecule has 0 aromatic carbocycles. The second kappa shape index (κ2) is 4.93. The highest BCUT2D eigenvalue weighted by Crippen LogP contribution is 2.32. The minimum Gasteiger partial charge on any atom is -0.363 e. The van der Waals surface area contributed by atoms with E-state index in [1.54, 1.807) is 7.05 Å². The van der Waals surface area contributed by atoms with Crippen molar-refractivity contribution in [3.05, 3.63) is 15.8 Å². The number of nitrogens with zero attached hydrogens (tertiary/aromatic N) is 3. The van der Waals surface area contributed by atoms with Crippen molar-refractivity contribution in [1.82, 2.24) is 9.78 Å². The quantitative estimate of drug-likeness (QED) is 0.615. The van der Waals surface area contributed by atoms with E-state index >= 15 is 0 Å². The largest absolute Gasteiger partial charge is 0.363 e. The van der Waals surface area contributed by atoms with Crippen LogP contribution in [-0.2, 0) is 7.05 Å². The Balaban J connectivity index is 3.14. The molecule has 0 amide bonds. The number of rotatable bonds is 5. The number of nitrogens with two attached hydrogens (primary N) is 1. The average molecular weight is 255 g/mol. The van der Waals surface area contributed by atoms with Gasteiger partial charge in [0.25, 0.3) is 0 Å². The van der Waals surface area contributed by atoms with Gasteiger partial charge < -0.3 is 11.1 Å². The van der Waals surface area contributed by atoms with Gasteiger partial charge in [0.05, 0.1) is 4.92 Å². The predicted octanol–water partition coefficient (Wildman–Crippen LogP) is 1.60. The van der Waals surface area contributed by atoms with Gasteiger partial charge >= 0.3 is 5.69 Å². The first-order chi connectivity index (χ1) is 8.13. The number of nitrogens with one attached hydrogen (secondary N) is 1. The minimum absolute atomic E-state index is 0.00182. The molecule has 0 aliphatic carbocycles. The molecule has 0 fully saturated rings. The highest BCUT2D eigenvalue weighted by Gasteiger charge is 2.29. The highest BCUT2D eigenvalue weighted by atomic mass is 16.6. The first-order valence-electron chi connectivity index (χ1n) is 5.87. The Kier molecular flexibility index (Phi) is 3.95. The van der Waals surface area contributed by atoms with Gasteiger partial charge in [-0.25, -0.2) is 4.68 Å². The van der Waals surface area contributed by atoms with Crippen LogP contribution in [0.1, 0.15) is 39.3 Å². The van der Waals surface area contributed by atoms with Gasteiger partial charge in [-0.15, -0.1) is 0 Å². The van der Waals surface area contributed by atoms with E-state index in [0.717, 1.165) is 0 Å². The first kappa shape index (κ1) is 14.4. The zero-order chi connectivity index (χ0) is 14.1. The molecule has 0 radical (unpaired) electrons. The standard InChI is InChI=1S/C11H21N5O2/c1-7(2)8-9(16(17)18)10(15(5)14-8)13-6-11(3,4)12/h7,13H,6,12H2,1-5H3. The van der Waals surface area contributed by atoms with Crippen LogP contribution in [0.4, 0.5) is 11.5 Å². The summed E-state index contributed by atoms with van der Waals surface area (Å²) in [6.45, 7) is 7.90. The second-order valence-electron chi connectivity index (χ2n) is 5.46. The van der Waals surface area contributed by atoms with E-state index in [1.807, 2.05) is 27.7 Å². The molecule has 18 heavy (non-hydrogen) atoms. The third-order valence-electron chi connectivity index (χ3n) is 2.49. The van der Waals surface area contributed by atoms with Gasteiger partial charge in [0.2, 0.25) is 5.82 Å². The Morgan fingerprint density at radius 2 is 2.11 bits per heavy atom. The molecule has 0 bridgehead atoms.